The highest BCUT2D eigenvalue weighted by Crippen LogP contribution is 2.60. The first-order valence-electron chi connectivity index (χ1n) is 6.54. The summed E-state index contributed by atoms with van der Waals surface area (Å²) in [6.07, 6.45) is -15.7. The van der Waals surface area contributed by atoms with E-state index in [1.165, 1.54) is 0 Å². The van der Waals surface area contributed by atoms with Crippen LogP contribution in [0.15, 0.2) is 0 Å². The lowest BCUT2D eigenvalue weighted by Gasteiger charge is -2.42. The van der Waals surface area contributed by atoms with Crippen LogP contribution in [-0.4, -0.2) is 33.3 Å². The van der Waals surface area contributed by atoms with Gasteiger partial charge in [-0.3, -0.25) is 0 Å². The molecule has 0 aliphatic rings. The Balaban J connectivity index is 6.12. The van der Waals surface area contributed by atoms with Crippen LogP contribution in [0.2, 0.25) is 0 Å². The van der Waals surface area contributed by atoms with E-state index in [0.717, 1.165) is 29.5 Å². The Morgan fingerprint density at radius 3 is 1.42 bits per heavy atom. The van der Waals surface area contributed by atoms with Gasteiger partial charge in [-0.1, -0.05) is 49.3 Å². The molecule has 146 valence electrons. The summed E-state index contributed by atoms with van der Waals surface area (Å²) in [5.74, 6) is -14.2. The van der Waals surface area contributed by atoms with Gasteiger partial charge in [-0.25, -0.2) is 4.39 Å². The molecular formula is C12H14F11I. The first kappa shape index (κ1) is 24.0. The summed E-state index contributed by atoms with van der Waals surface area (Å²) < 4.78 is 140. The molecule has 24 heavy (non-hydrogen) atoms. The highest BCUT2D eigenvalue weighted by molar-refractivity contribution is 14.1. The second-order valence-corrected chi connectivity index (χ2v) is 8.24. The predicted molar refractivity (Wildman–Crippen MR) is 72.4 cm³/mol. The van der Waals surface area contributed by atoms with E-state index in [4.69, 9.17) is 0 Å². The molecule has 12 heteroatoms. The zero-order chi connectivity index (χ0) is 19.8. The summed E-state index contributed by atoms with van der Waals surface area (Å²) >= 11 is 1.15. The van der Waals surface area contributed by atoms with Crippen molar-refractivity contribution in [2.24, 2.45) is 0 Å². The Kier molecular flexibility index (Phi) is 6.92. The first-order valence-corrected chi connectivity index (χ1v) is 7.61. The van der Waals surface area contributed by atoms with Gasteiger partial charge in [-0.15, -0.1) is 0 Å². The van der Waals surface area contributed by atoms with E-state index in [1.807, 2.05) is 0 Å². The molecule has 0 amide bonds. The molecule has 0 aliphatic carbocycles. The van der Waals surface area contributed by atoms with Crippen LogP contribution in [-0.2, 0) is 0 Å². The number of unbranched alkanes of at least 4 members (excludes halogenated alkanes) is 1. The lowest BCUT2D eigenvalue weighted by Crippen LogP contribution is -2.68. The van der Waals surface area contributed by atoms with Crippen LogP contribution in [0.3, 0.4) is 0 Å². The predicted octanol–water partition coefficient (Wildman–Crippen LogP) is 6.86. The molecule has 2 unspecified atom stereocenters. The summed E-state index contributed by atoms with van der Waals surface area (Å²) in [5.41, 5.74) is -6.05. The maximum absolute atomic E-state index is 14.2. The molecule has 2 atom stereocenters. The smallest absolute Gasteiger partial charge is 0.227 e. The van der Waals surface area contributed by atoms with Gasteiger partial charge in [0.2, 0.25) is 0 Å². The molecule has 0 saturated carbocycles. The van der Waals surface area contributed by atoms with Gasteiger partial charge in [0.05, 0.1) is 0 Å². The molecule has 0 bridgehead atoms. The molecule has 0 aromatic carbocycles. The third-order valence-corrected chi connectivity index (χ3v) is 4.28. The fourth-order valence-electron chi connectivity index (χ4n) is 1.96. The van der Waals surface area contributed by atoms with Crippen molar-refractivity contribution in [3.05, 3.63) is 0 Å². The molecule has 0 nitrogen and oxygen atoms in total. The van der Waals surface area contributed by atoms with Crippen molar-refractivity contribution in [2.75, 3.05) is 0 Å². The van der Waals surface area contributed by atoms with Crippen LogP contribution >= 0.6 is 22.6 Å². The SMILES string of the molecule is CCCCC(C)(I)CC(F)(C(F)(F)F)C(F)(F)C(F)(F)C(F)(F)F. The highest BCUT2D eigenvalue weighted by atomic mass is 127. The Morgan fingerprint density at radius 2 is 1.12 bits per heavy atom. The van der Waals surface area contributed by atoms with Crippen LogP contribution in [0.1, 0.15) is 39.5 Å². The van der Waals surface area contributed by atoms with Gasteiger partial charge >= 0.3 is 24.2 Å². The molecule has 0 N–H and O–H groups in total. The molecule has 0 aliphatic heterocycles. The van der Waals surface area contributed by atoms with Gasteiger partial charge in [-0.2, -0.15) is 43.9 Å². The summed E-state index contributed by atoms with van der Waals surface area (Å²) in [4.78, 5) is 0. The molecule has 0 radical (unpaired) electrons. The van der Waals surface area contributed by atoms with Crippen molar-refractivity contribution in [2.45, 2.75) is 72.8 Å². The molecule has 0 aromatic heterocycles. The molecule has 0 aromatic rings. The summed E-state index contributed by atoms with van der Waals surface area (Å²) in [6.45, 7) is 2.46. The third-order valence-electron chi connectivity index (χ3n) is 3.36. The number of hydrogen-bond acceptors (Lipinski definition) is 0. The quantitative estimate of drug-likeness (QED) is 0.206. The van der Waals surface area contributed by atoms with Gasteiger partial charge in [-0.05, 0) is 6.42 Å². The van der Waals surface area contributed by atoms with Gasteiger partial charge in [0.15, 0.2) is 0 Å². The topological polar surface area (TPSA) is 0 Å². The first-order chi connectivity index (χ1) is 10.3. The lowest BCUT2D eigenvalue weighted by molar-refractivity contribution is -0.412. The monoisotopic (exact) mass is 494 g/mol. The average molecular weight is 494 g/mol. The van der Waals surface area contributed by atoms with E-state index in [1.54, 1.807) is 6.92 Å². The second kappa shape index (κ2) is 6.93. The minimum absolute atomic E-state index is 0.147. The van der Waals surface area contributed by atoms with Crippen molar-refractivity contribution in [1.82, 2.24) is 0 Å². The van der Waals surface area contributed by atoms with Crippen LogP contribution in [0.4, 0.5) is 48.3 Å². The number of alkyl halides is 12. The van der Waals surface area contributed by atoms with Gasteiger partial charge in [0.1, 0.15) is 0 Å². The van der Waals surface area contributed by atoms with Gasteiger partial charge in [0.25, 0.3) is 5.67 Å². The Bertz CT molecular complexity index is 424. The minimum atomic E-state index is -7.19. The molecule has 0 rings (SSSR count). The molecular weight excluding hydrogens is 480 g/mol. The van der Waals surface area contributed by atoms with Crippen LogP contribution in [0, 0.1) is 0 Å². The van der Waals surface area contributed by atoms with E-state index in [2.05, 4.69) is 0 Å². The lowest BCUT2D eigenvalue weighted by atomic mass is 9.82. The second-order valence-electron chi connectivity index (χ2n) is 5.64. The maximum Gasteiger partial charge on any atom is 0.460 e. The van der Waals surface area contributed by atoms with E-state index in [-0.39, 0.29) is 12.8 Å². The highest BCUT2D eigenvalue weighted by Gasteiger charge is 2.86. The third kappa shape index (κ3) is 4.37. The van der Waals surface area contributed by atoms with E-state index < -0.39 is 39.7 Å². The fourth-order valence-corrected chi connectivity index (χ4v) is 2.86. The summed E-state index contributed by atoms with van der Waals surface area (Å²) in [6, 6.07) is 0. The Morgan fingerprint density at radius 1 is 0.708 bits per heavy atom. The Hall–Kier alpha value is -0.0400. The summed E-state index contributed by atoms with van der Waals surface area (Å²) in [7, 11) is 0. The normalized spacial score (nSPS) is 19.8. The van der Waals surface area contributed by atoms with Gasteiger partial charge < -0.3 is 0 Å². The average Bonchev–Trinajstić information content (AvgIpc) is 2.32. The van der Waals surface area contributed by atoms with Crippen LogP contribution in [0.25, 0.3) is 0 Å². The molecule has 0 fully saturated rings. The van der Waals surface area contributed by atoms with Crippen molar-refractivity contribution in [3.8, 4) is 0 Å². The summed E-state index contributed by atoms with van der Waals surface area (Å²) in [5, 5.41) is 0. The van der Waals surface area contributed by atoms with Crippen molar-refractivity contribution >= 4 is 22.6 Å². The van der Waals surface area contributed by atoms with E-state index in [0.29, 0.717) is 6.42 Å². The van der Waals surface area contributed by atoms with E-state index in [9.17, 15) is 48.3 Å². The number of rotatable bonds is 7. The van der Waals surface area contributed by atoms with Crippen LogP contribution < -0.4 is 0 Å². The van der Waals surface area contributed by atoms with Crippen molar-refractivity contribution in [1.29, 1.82) is 0 Å². The zero-order valence-electron chi connectivity index (χ0n) is 12.4. The van der Waals surface area contributed by atoms with Crippen molar-refractivity contribution in [3.63, 3.8) is 0 Å². The van der Waals surface area contributed by atoms with Gasteiger partial charge in [0, 0.05) is 9.84 Å². The standard InChI is InChI=1S/C12H14F11I/c1-3-4-5-7(2,24)6-8(13,11(18,19)20)9(14,15)10(16,17)12(21,22)23/h3-6H2,1-2H3. The molecule has 0 spiro atoms. The molecule has 0 saturated heterocycles. The Labute approximate surface area is 144 Å². The zero-order valence-corrected chi connectivity index (χ0v) is 14.5. The minimum Gasteiger partial charge on any atom is -0.227 e. The van der Waals surface area contributed by atoms with E-state index >= 15 is 0 Å². The number of halogens is 12. The van der Waals surface area contributed by atoms with Crippen molar-refractivity contribution < 1.29 is 48.3 Å². The fraction of sp³-hybridized carbons (Fsp3) is 1.00. The molecule has 0 heterocycles. The number of hydrogen-bond donors (Lipinski definition) is 0. The van der Waals surface area contributed by atoms with Crippen LogP contribution in [0.5, 0.6) is 0 Å². The largest absolute Gasteiger partial charge is 0.460 e. The maximum atomic E-state index is 14.2.